The number of rotatable bonds is 13. The maximum atomic E-state index is 13.4. The van der Waals surface area contributed by atoms with Crippen LogP contribution in [0.4, 0.5) is 21.4 Å². The summed E-state index contributed by atoms with van der Waals surface area (Å²) in [6.45, 7) is 17.1. The molecule has 0 unspecified atom stereocenters. The number of amides is 3. The summed E-state index contributed by atoms with van der Waals surface area (Å²) in [5.41, 5.74) is 1.56. The minimum Gasteiger partial charge on any atom is -0.469 e. The van der Waals surface area contributed by atoms with Crippen molar-refractivity contribution in [3.63, 3.8) is 0 Å². The molecule has 2 fully saturated rings. The average molecular weight is 752 g/mol. The van der Waals surface area contributed by atoms with Gasteiger partial charge in [0.15, 0.2) is 0 Å². The highest BCUT2D eigenvalue weighted by Crippen LogP contribution is 2.25. The van der Waals surface area contributed by atoms with Crippen molar-refractivity contribution < 1.29 is 33.4 Å². The van der Waals surface area contributed by atoms with Gasteiger partial charge in [0.25, 0.3) is 0 Å². The van der Waals surface area contributed by atoms with Gasteiger partial charge in [-0.05, 0) is 78.9 Å². The Morgan fingerprint density at radius 1 is 0.833 bits per heavy atom. The summed E-state index contributed by atoms with van der Waals surface area (Å²) in [5.74, 6) is 0.508. The van der Waals surface area contributed by atoms with Gasteiger partial charge in [-0.25, -0.2) is 14.6 Å². The first-order valence-electron chi connectivity index (χ1n) is 19.2. The van der Waals surface area contributed by atoms with E-state index >= 15 is 0 Å². The van der Waals surface area contributed by atoms with Crippen molar-refractivity contribution in [2.45, 2.75) is 124 Å². The maximum Gasteiger partial charge on any atom is 0.410 e. The van der Waals surface area contributed by atoms with Gasteiger partial charge in [-0.3, -0.25) is 9.59 Å². The Bertz CT molecular complexity index is 1560. The molecule has 1 aromatic heterocycles. The molecule has 2 aliphatic rings. The molecule has 4 rings (SSSR count). The van der Waals surface area contributed by atoms with Crippen LogP contribution in [0.5, 0.6) is 0 Å². The molecule has 2 heterocycles. The lowest BCUT2D eigenvalue weighted by atomic mass is 9.94. The van der Waals surface area contributed by atoms with Gasteiger partial charge in [-0.2, -0.15) is 4.98 Å². The van der Waals surface area contributed by atoms with Gasteiger partial charge in [-0.1, -0.05) is 43.5 Å². The zero-order chi connectivity index (χ0) is 39.5. The number of carbonyl (C=O) groups is 4. The molecule has 298 valence electrons. The molecule has 1 N–H and O–H groups in total. The van der Waals surface area contributed by atoms with E-state index in [9.17, 15) is 19.2 Å². The zero-order valence-electron chi connectivity index (χ0n) is 33.6. The maximum absolute atomic E-state index is 13.4. The van der Waals surface area contributed by atoms with Crippen molar-refractivity contribution in [2.24, 2.45) is 0 Å². The number of nitrogens with one attached hydrogen (secondary N) is 1. The first-order chi connectivity index (χ1) is 25.5. The first kappa shape index (κ1) is 42.1. The van der Waals surface area contributed by atoms with E-state index in [1.54, 1.807) is 9.80 Å². The van der Waals surface area contributed by atoms with E-state index in [1.807, 2.05) is 83.7 Å². The van der Waals surface area contributed by atoms with E-state index in [4.69, 9.17) is 14.5 Å². The fourth-order valence-corrected chi connectivity index (χ4v) is 6.58. The summed E-state index contributed by atoms with van der Waals surface area (Å²) in [5, 5.41) is 3.34. The van der Waals surface area contributed by atoms with Crippen molar-refractivity contribution in [2.75, 3.05) is 56.6 Å². The molecule has 2 aromatic rings. The summed E-state index contributed by atoms with van der Waals surface area (Å²) < 4.78 is 16.2. The molecule has 1 saturated heterocycles. The van der Waals surface area contributed by atoms with Gasteiger partial charge >= 0.3 is 18.2 Å². The van der Waals surface area contributed by atoms with Crippen LogP contribution in [0.1, 0.15) is 103 Å². The van der Waals surface area contributed by atoms with Crippen LogP contribution in [0.2, 0.25) is 0 Å². The van der Waals surface area contributed by atoms with E-state index in [2.05, 4.69) is 19.9 Å². The van der Waals surface area contributed by atoms with Crippen molar-refractivity contribution >= 4 is 35.8 Å². The number of piperazine rings is 1. The second-order valence-corrected chi connectivity index (χ2v) is 16.2. The topological polar surface area (TPSA) is 147 Å². The molecular weight excluding hydrogens is 690 g/mol. The molecule has 1 aliphatic heterocycles. The second kappa shape index (κ2) is 19.1. The summed E-state index contributed by atoms with van der Waals surface area (Å²) in [7, 11) is 1.28. The number of benzene rings is 1. The van der Waals surface area contributed by atoms with Crippen LogP contribution < -0.4 is 10.2 Å². The minimum atomic E-state index is -0.646. The molecule has 14 heteroatoms. The van der Waals surface area contributed by atoms with Crippen LogP contribution in [0.25, 0.3) is 0 Å². The Morgan fingerprint density at radius 2 is 1.44 bits per heavy atom. The molecule has 14 nitrogen and oxygen atoms in total. The highest BCUT2D eigenvalue weighted by atomic mass is 16.6. The van der Waals surface area contributed by atoms with E-state index in [0.29, 0.717) is 64.7 Å². The molecule has 1 saturated carbocycles. The number of hydrogen-bond donors (Lipinski definition) is 1. The quantitative estimate of drug-likeness (QED) is 0.140. The smallest absolute Gasteiger partial charge is 0.410 e. The second-order valence-electron chi connectivity index (χ2n) is 16.2. The Labute approximate surface area is 320 Å². The minimum absolute atomic E-state index is 0.148. The monoisotopic (exact) mass is 751 g/mol. The first-order valence-corrected chi connectivity index (χ1v) is 19.2. The lowest BCUT2D eigenvalue weighted by Crippen LogP contribution is -2.49. The number of esters is 1. The van der Waals surface area contributed by atoms with Crippen LogP contribution in [-0.4, -0.2) is 112 Å². The molecule has 1 aromatic carbocycles. The standard InChI is InChI=1S/C40H61N7O7/c1-29-25-33(44-21-23-45(24-22-44)34(48)26-35(49)52-8)43-36(42-29)41-27-30-15-17-31(18-16-30)28-46(37(50)53-39(2,3)4)19-12-20-47(32-13-10-9-11-14-32)38(51)54-40(5,6)7/h15-18,25,32H,9-14,19-24,26-28H2,1-8H3,(H,41,42,43). The lowest BCUT2D eigenvalue weighted by molar-refractivity contribution is -0.146. The van der Waals surface area contributed by atoms with Gasteiger partial charge in [-0.15, -0.1) is 0 Å². The van der Waals surface area contributed by atoms with Gasteiger partial charge in [0.1, 0.15) is 23.4 Å². The SMILES string of the molecule is COC(=O)CC(=O)N1CCN(c2cc(C)nc(NCc3ccc(CN(CCCN(C(=O)OC(C)(C)C)C4CCCCC4)C(=O)OC(C)(C)C)cc3)n2)CC1. The van der Waals surface area contributed by atoms with E-state index < -0.39 is 23.3 Å². The molecule has 3 amide bonds. The van der Waals surface area contributed by atoms with Crippen LogP contribution in [0.3, 0.4) is 0 Å². The number of hydrogen-bond acceptors (Lipinski definition) is 11. The third-order valence-corrected chi connectivity index (χ3v) is 9.29. The van der Waals surface area contributed by atoms with Gasteiger partial charge < -0.3 is 39.1 Å². The van der Waals surface area contributed by atoms with E-state index in [1.165, 1.54) is 13.5 Å². The lowest BCUT2D eigenvalue weighted by Gasteiger charge is -2.36. The van der Waals surface area contributed by atoms with Crippen molar-refractivity contribution in [3.8, 4) is 0 Å². The predicted octanol–water partition coefficient (Wildman–Crippen LogP) is 6.31. The zero-order valence-corrected chi connectivity index (χ0v) is 33.6. The molecular formula is C40H61N7O7. The molecule has 0 spiro atoms. The summed E-state index contributed by atoms with van der Waals surface area (Å²) in [6, 6.07) is 10.1. The third-order valence-electron chi connectivity index (χ3n) is 9.29. The van der Waals surface area contributed by atoms with Crippen molar-refractivity contribution in [1.29, 1.82) is 0 Å². The Hall–Kier alpha value is -4.62. The number of aryl methyl sites for hydroxylation is 1. The van der Waals surface area contributed by atoms with Crippen LogP contribution in [0, 0.1) is 6.92 Å². The molecule has 0 atom stereocenters. The summed E-state index contributed by atoms with van der Waals surface area (Å²) in [6.07, 6.45) is 4.98. The summed E-state index contributed by atoms with van der Waals surface area (Å²) >= 11 is 0. The number of anilines is 2. The van der Waals surface area contributed by atoms with Crippen molar-refractivity contribution in [3.05, 3.63) is 47.2 Å². The number of aromatic nitrogens is 2. The highest BCUT2D eigenvalue weighted by Gasteiger charge is 2.30. The average Bonchev–Trinajstić information content (AvgIpc) is 3.11. The van der Waals surface area contributed by atoms with Gasteiger partial charge in [0.2, 0.25) is 11.9 Å². The molecule has 0 bridgehead atoms. The van der Waals surface area contributed by atoms with Crippen molar-refractivity contribution in [1.82, 2.24) is 24.7 Å². The van der Waals surface area contributed by atoms with Crippen LogP contribution in [-0.2, 0) is 36.9 Å². The van der Waals surface area contributed by atoms with Crippen LogP contribution >= 0.6 is 0 Å². The van der Waals surface area contributed by atoms with Crippen LogP contribution in [0.15, 0.2) is 30.3 Å². The number of carbonyl (C=O) groups excluding carboxylic acids is 4. The fraction of sp³-hybridized carbons (Fsp3) is 0.650. The molecule has 0 radical (unpaired) electrons. The number of nitrogens with zero attached hydrogens (tertiary/aromatic N) is 6. The normalized spacial score (nSPS) is 15.3. The predicted molar refractivity (Wildman–Crippen MR) is 207 cm³/mol. The Morgan fingerprint density at radius 3 is 2.06 bits per heavy atom. The third kappa shape index (κ3) is 13.7. The Balaban J connectivity index is 1.35. The van der Waals surface area contributed by atoms with Gasteiger partial charge in [0.05, 0.1) is 7.11 Å². The van der Waals surface area contributed by atoms with Gasteiger partial charge in [0, 0.05) is 70.2 Å². The number of methoxy groups -OCH3 is 1. The Kier molecular flexibility index (Phi) is 14.9. The highest BCUT2D eigenvalue weighted by molar-refractivity contribution is 5.94. The largest absolute Gasteiger partial charge is 0.469 e. The number of ether oxygens (including phenoxy) is 3. The molecule has 1 aliphatic carbocycles. The summed E-state index contributed by atoms with van der Waals surface area (Å²) in [4.78, 5) is 67.3. The van der Waals surface area contributed by atoms with E-state index in [0.717, 1.165) is 48.3 Å². The van der Waals surface area contributed by atoms with E-state index in [-0.39, 0.29) is 24.5 Å². The fourth-order valence-electron chi connectivity index (χ4n) is 6.58. The molecule has 54 heavy (non-hydrogen) atoms.